The van der Waals surface area contributed by atoms with E-state index in [0.717, 1.165) is 17.4 Å². The first-order valence-corrected chi connectivity index (χ1v) is 11.3. The average Bonchev–Trinajstić information content (AvgIpc) is 3.17. The van der Waals surface area contributed by atoms with Gasteiger partial charge in [0.2, 0.25) is 15.9 Å². The molecule has 160 valence electrons. The lowest BCUT2D eigenvalue weighted by molar-refractivity contribution is -0.132. The average molecular weight is 432 g/mol. The quantitative estimate of drug-likeness (QED) is 0.726. The Morgan fingerprint density at radius 1 is 1.20 bits per heavy atom. The highest BCUT2D eigenvalue weighted by molar-refractivity contribution is 7.92. The predicted molar refractivity (Wildman–Crippen MR) is 115 cm³/mol. The molecule has 2 aromatic rings. The van der Waals surface area contributed by atoms with E-state index in [9.17, 15) is 13.2 Å². The molecule has 1 unspecified atom stereocenters. The molecule has 3 rings (SSSR count). The topological polar surface area (TPSA) is 97.3 Å². The zero-order chi connectivity index (χ0) is 21.9. The molecule has 1 N–H and O–H groups in total. The van der Waals surface area contributed by atoms with Gasteiger partial charge in [-0.05, 0) is 35.9 Å². The van der Waals surface area contributed by atoms with E-state index in [1.807, 2.05) is 12.1 Å². The molecule has 9 heteroatoms. The van der Waals surface area contributed by atoms with Gasteiger partial charge >= 0.3 is 0 Å². The Hall–Kier alpha value is -3.07. The minimum absolute atomic E-state index is 0.120. The summed E-state index contributed by atoms with van der Waals surface area (Å²) in [6, 6.07) is 12.0. The maximum Gasteiger partial charge on any atom is 0.242 e. The van der Waals surface area contributed by atoms with Crippen molar-refractivity contribution in [1.82, 2.24) is 5.01 Å². The number of hydrogen-bond donors (Lipinski definition) is 1. The first-order chi connectivity index (χ1) is 14.3. The normalized spacial score (nSPS) is 16.2. The van der Waals surface area contributed by atoms with Crippen molar-refractivity contribution >= 4 is 27.3 Å². The van der Waals surface area contributed by atoms with Crippen LogP contribution >= 0.6 is 0 Å². The van der Waals surface area contributed by atoms with E-state index in [2.05, 4.69) is 9.82 Å². The van der Waals surface area contributed by atoms with Crippen LogP contribution in [-0.2, 0) is 14.8 Å². The third-order valence-corrected chi connectivity index (χ3v) is 5.37. The standard InChI is InChI=1S/C21H25N3O5S/c1-5-21(25)24-19(17-12-16(28-2)9-10-20(17)29-3)13-18(22-24)14-7-6-8-15(11-14)23-30(4,26)27/h6-12,19,23H,5,13H2,1-4H3. The van der Waals surface area contributed by atoms with Crippen molar-refractivity contribution in [3.63, 3.8) is 0 Å². The SMILES string of the molecule is CCC(=O)N1N=C(c2cccc(NS(C)(=O)=O)c2)CC1c1cc(OC)ccc1OC. The molecule has 8 nitrogen and oxygen atoms in total. The van der Waals surface area contributed by atoms with Crippen molar-refractivity contribution in [1.29, 1.82) is 0 Å². The summed E-state index contributed by atoms with van der Waals surface area (Å²) in [6.45, 7) is 1.78. The van der Waals surface area contributed by atoms with E-state index in [1.54, 1.807) is 51.5 Å². The predicted octanol–water partition coefficient (Wildman–Crippen LogP) is 3.16. The molecular weight excluding hydrogens is 406 g/mol. The zero-order valence-electron chi connectivity index (χ0n) is 17.4. The van der Waals surface area contributed by atoms with Crippen LogP contribution in [0.4, 0.5) is 5.69 Å². The number of rotatable bonds is 7. The van der Waals surface area contributed by atoms with Gasteiger partial charge in [0.1, 0.15) is 11.5 Å². The number of carbonyl (C=O) groups excluding carboxylic acids is 1. The Bertz CT molecular complexity index is 1080. The lowest BCUT2D eigenvalue weighted by Gasteiger charge is -2.23. The summed E-state index contributed by atoms with van der Waals surface area (Å²) < 4.78 is 36.5. The maximum atomic E-state index is 12.6. The molecule has 2 aromatic carbocycles. The number of carbonyl (C=O) groups is 1. The van der Waals surface area contributed by atoms with Crippen molar-refractivity contribution in [3.05, 3.63) is 53.6 Å². The van der Waals surface area contributed by atoms with Crippen LogP contribution < -0.4 is 14.2 Å². The molecule has 0 saturated carbocycles. The van der Waals surface area contributed by atoms with Gasteiger partial charge in [-0.3, -0.25) is 9.52 Å². The molecule has 0 aliphatic carbocycles. The molecule has 1 aliphatic rings. The number of amides is 1. The molecule has 1 amide bonds. The number of benzene rings is 2. The van der Waals surface area contributed by atoms with E-state index >= 15 is 0 Å². The highest BCUT2D eigenvalue weighted by atomic mass is 32.2. The molecule has 30 heavy (non-hydrogen) atoms. The molecule has 0 spiro atoms. The van der Waals surface area contributed by atoms with Crippen LogP contribution in [0.25, 0.3) is 0 Å². The monoisotopic (exact) mass is 431 g/mol. The lowest BCUT2D eigenvalue weighted by atomic mass is 9.97. The summed E-state index contributed by atoms with van der Waals surface area (Å²) in [4.78, 5) is 12.6. The van der Waals surface area contributed by atoms with E-state index in [-0.39, 0.29) is 11.9 Å². The number of hydrazone groups is 1. The molecule has 1 aliphatic heterocycles. The number of nitrogens with zero attached hydrogens (tertiary/aromatic N) is 2. The Labute approximate surface area is 176 Å². The first kappa shape index (κ1) is 21.6. The highest BCUT2D eigenvalue weighted by Gasteiger charge is 2.34. The van der Waals surface area contributed by atoms with Crippen LogP contribution in [0.5, 0.6) is 11.5 Å². The summed E-state index contributed by atoms with van der Waals surface area (Å²) in [5.41, 5.74) is 2.65. The van der Waals surface area contributed by atoms with Gasteiger partial charge in [0, 0.05) is 24.1 Å². The van der Waals surface area contributed by atoms with Crippen LogP contribution in [0.1, 0.15) is 36.9 Å². The highest BCUT2D eigenvalue weighted by Crippen LogP contribution is 2.39. The van der Waals surface area contributed by atoms with Gasteiger partial charge in [0.25, 0.3) is 0 Å². The molecule has 0 saturated heterocycles. The Balaban J connectivity index is 2.01. The molecule has 0 radical (unpaired) electrons. The number of anilines is 1. The second kappa shape index (κ2) is 8.74. The van der Waals surface area contributed by atoms with Gasteiger partial charge < -0.3 is 9.47 Å². The summed E-state index contributed by atoms with van der Waals surface area (Å²) in [7, 11) is -0.242. The minimum Gasteiger partial charge on any atom is -0.497 e. The van der Waals surface area contributed by atoms with E-state index in [1.165, 1.54) is 5.01 Å². The van der Waals surface area contributed by atoms with Crippen molar-refractivity contribution in [2.45, 2.75) is 25.8 Å². The van der Waals surface area contributed by atoms with Crippen molar-refractivity contribution in [2.75, 3.05) is 25.2 Å². The van der Waals surface area contributed by atoms with Gasteiger partial charge in [-0.1, -0.05) is 19.1 Å². The van der Waals surface area contributed by atoms with E-state index in [4.69, 9.17) is 9.47 Å². The second-order valence-corrected chi connectivity index (χ2v) is 8.67. The second-order valence-electron chi connectivity index (χ2n) is 6.92. The van der Waals surface area contributed by atoms with Gasteiger partial charge in [-0.15, -0.1) is 0 Å². The largest absolute Gasteiger partial charge is 0.497 e. The van der Waals surface area contributed by atoms with Crippen LogP contribution in [0.15, 0.2) is 47.6 Å². The molecule has 0 bridgehead atoms. The molecular formula is C21H25N3O5S. The third-order valence-electron chi connectivity index (χ3n) is 4.76. The van der Waals surface area contributed by atoms with Crippen LogP contribution in [-0.4, -0.2) is 45.5 Å². The molecule has 0 aromatic heterocycles. The fraction of sp³-hybridized carbons (Fsp3) is 0.333. The number of sulfonamides is 1. The number of nitrogens with one attached hydrogen (secondary N) is 1. The fourth-order valence-corrected chi connectivity index (χ4v) is 3.95. The van der Waals surface area contributed by atoms with Crippen LogP contribution in [0.2, 0.25) is 0 Å². The lowest BCUT2D eigenvalue weighted by Crippen LogP contribution is -2.26. The molecule has 1 heterocycles. The van der Waals surface area contributed by atoms with E-state index in [0.29, 0.717) is 35.7 Å². The fourth-order valence-electron chi connectivity index (χ4n) is 3.40. The summed E-state index contributed by atoms with van der Waals surface area (Å²) in [6.07, 6.45) is 1.85. The Morgan fingerprint density at radius 2 is 1.97 bits per heavy atom. The van der Waals surface area contributed by atoms with Crippen molar-refractivity contribution in [3.8, 4) is 11.5 Å². The van der Waals surface area contributed by atoms with Gasteiger partial charge in [-0.25, -0.2) is 13.4 Å². The smallest absolute Gasteiger partial charge is 0.242 e. The Kier molecular flexibility index (Phi) is 6.31. The Morgan fingerprint density at radius 3 is 2.60 bits per heavy atom. The molecule has 0 fully saturated rings. The summed E-state index contributed by atoms with van der Waals surface area (Å²) in [5, 5.41) is 6.06. The summed E-state index contributed by atoms with van der Waals surface area (Å²) in [5.74, 6) is 1.17. The molecule has 1 atom stereocenters. The number of ether oxygens (including phenoxy) is 2. The van der Waals surface area contributed by atoms with Gasteiger partial charge in [-0.2, -0.15) is 5.10 Å². The number of hydrogen-bond acceptors (Lipinski definition) is 6. The third kappa shape index (κ3) is 4.73. The van der Waals surface area contributed by atoms with Gasteiger partial charge in [0.05, 0.1) is 32.2 Å². The summed E-state index contributed by atoms with van der Waals surface area (Å²) >= 11 is 0. The number of methoxy groups -OCH3 is 2. The maximum absolute atomic E-state index is 12.6. The first-order valence-electron chi connectivity index (χ1n) is 9.45. The van der Waals surface area contributed by atoms with Crippen molar-refractivity contribution in [2.24, 2.45) is 5.10 Å². The van der Waals surface area contributed by atoms with Crippen LogP contribution in [0, 0.1) is 0 Å². The van der Waals surface area contributed by atoms with Crippen LogP contribution in [0.3, 0.4) is 0 Å². The van der Waals surface area contributed by atoms with E-state index < -0.39 is 10.0 Å². The van der Waals surface area contributed by atoms with Crippen molar-refractivity contribution < 1.29 is 22.7 Å². The van der Waals surface area contributed by atoms with Gasteiger partial charge in [0.15, 0.2) is 0 Å². The zero-order valence-corrected chi connectivity index (χ0v) is 18.2. The minimum atomic E-state index is -3.40.